The molecule has 1 N–H and O–H groups in total. The van der Waals surface area contributed by atoms with Crippen LogP contribution in [0.1, 0.15) is 31.0 Å². The lowest BCUT2D eigenvalue weighted by Crippen LogP contribution is -2.52. The molecule has 1 unspecified atom stereocenters. The number of carbonyl (C=O) groups is 1. The molecule has 2 aliphatic heterocycles. The van der Waals surface area contributed by atoms with Crippen molar-refractivity contribution in [3.8, 4) is 0 Å². The van der Waals surface area contributed by atoms with Crippen molar-refractivity contribution in [3.63, 3.8) is 0 Å². The van der Waals surface area contributed by atoms with Gasteiger partial charge in [-0.3, -0.25) is 9.48 Å². The van der Waals surface area contributed by atoms with Gasteiger partial charge >= 0.3 is 0 Å². The molecule has 6 nitrogen and oxygen atoms in total. The topological polar surface area (TPSA) is 53.4 Å². The van der Waals surface area contributed by atoms with Crippen molar-refractivity contribution < 1.29 is 4.79 Å². The van der Waals surface area contributed by atoms with Crippen LogP contribution in [0.15, 0.2) is 0 Å². The van der Waals surface area contributed by atoms with Gasteiger partial charge in [-0.1, -0.05) is 6.92 Å². The fraction of sp³-hybridized carbons (Fsp3) is 0.733. The van der Waals surface area contributed by atoms with E-state index in [0.29, 0.717) is 18.4 Å². The SMILES string of the molecule is CCNCc1c(C)nn(C)c1N1CCN2C(=O)CCC2C1. The minimum absolute atomic E-state index is 0.328. The van der Waals surface area contributed by atoms with Crippen molar-refractivity contribution in [1.82, 2.24) is 20.0 Å². The van der Waals surface area contributed by atoms with Gasteiger partial charge < -0.3 is 15.1 Å². The molecule has 0 spiro atoms. The van der Waals surface area contributed by atoms with Crippen molar-refractivity contribution in [2.24, 2.45) is 7.05 Å². The summed E-state index contributed by atoms with van der Waals surface area (Å²) in [5, 5.41) is 8.00. The van der Waals surface area contributed by atoms with Crippen LogP contribution in [0.25, 0.3) is 0 Å². The summed E-state index contributed by atoms with van der Waals surface area (Å²) in [7, 11) is 2.02. The predicted octanol–water partition coefficient (Wildman–Crippen LogP) is 0.649. The highest BCUT2D eigenvalue weighted by Gasteiger charge is 2.36. The maximum Gasteiger partial charge on any atom is 0.223 e. The third-order valence-electron chi connectivity index (χ3n) is 4.66. The minimum Gasteiger partial charge on any atom is -0.353 e. The Balaban J connectivity index is 1.82. The molecule has 21 heavy (non-hydrogen) atoms. The first kappa shape index (κ1) is 14.4. The zero-order chi connectivity index (χ0) is 15.0. The number of fused-ring (bicyclic) bond motifs is 1. The molecule has 0 aromatic carbocycles. The fourth-order valence-electron chi connectivity index (χ4n) is 3.60. The van der Waals surface area contributed by atoms with E-state index in [4.69, 9.17) is 0 Å². The van der Waals surface area contributed by atoms with Crippen LogP contribution in [-0.2, 0) is 18.4 Å². The van der Waals surface area contributed by atoms with E-state index in [9.17, 15) is 4.79 Å². The van der Waals surface area contributed by atoms with Gasteiger partial charge in [-0.25, -0.2) is 0 Å². The van der Waals surface area contributed by atoms with Crippen LogP contribution < -0.4 is 10.2 Å². The van der Waals surface area contributed by atoms with E-state index in [0.717, 1.165) is 44.8 Å². The van der Waals surface area contributed by atoms with Crippen LogP contribution in [0.4, 0.5) is 5.82 Å². The summed E-state index contributed by atoms with van der Waals surface area (Å²) < 4.78 is 1.99. The monoisotopic (exact) mass is 291 g/mol. The van der Waals surface area contributed by atoms with E-state index in [1.165, 1.54) is 11.4 Å². The molecule has 0 saturated carbocycles. The lowest BCUT2D eigenvalue weighted by molar-refractivity contribution is -0.129. The molecule has 3 rings (SSSR count). The van der Waals surface area contributed by atoms with Gasteiger partial charge in [-0.2, -0.15) is 5.10 Å². The van der Waals surface area contributed by atoms with Gasteiger partial charge in [0.1, 0.15) is 5.82 Å². The number of anilines is 1. The van der Waals surface area contributed by atoms with Gasteiger partial charge in [0, 0.05) is 51.3 Å². The van der Waals surface area contributed by atoms with Crippen LogP contribution in [0.5, 0.6) is 0 Å². The molecule has 3 heterocycles. The van der Waals surface area contributed by atoms with Crippen LogP contribution in [0.2, 0.25) is 0 Å². The summed E-state index contributed by atoms with van der Waals surface area (Å²) in [6, 6.07) is 0.383. The van der Waals surface area contributed by atoms with E-state index in [-0.39, 0.29) is 0 Å². The van der Waals surface area contributed by atoms with E-state index in [1.54, 1.807) is 0 Å². The average Bonchev–Trinajstić information content (AvgIpc) is 2.96. The van der Waals surface area contributed by atoms with Crippen LogP contribution in [0, 0.1) is 6.92 Å². The number of carbonyl (C=O) groups excluding carboxylic acids is 1. The van der Waals surface area contributed by atoms with Gasteiger partial charge in [0.2, 0.25) is 5.91 Å². The number of aromatic nitrogens is 2. The van der Waals surface area contributed by atoms with E-state index >= 15 is 0 Å². The third-order valence-corrected chi connectivity index (χ3v) is 4.66. The Morgan fingerprint density at radius 3 is 2.95 bits per heavy atom. The number of piperazine rings is 1. The molecule has 6 heteroatoms. The van der Waals surface area contributed by atoms with Crippen LogP contribution in [0.3, 0.4) is 0 Å². The lowest BCUT2D eigenvalue weighted by Gasteiger charge is -2.39. The number of hydrogen-bond donors (Lipinski definition) is 1. The second-order valence-electron chi connectivity index (χ2n) is 6.02. The largest absolute Gasteiger partial charge is 0.353 e. The van der Waals surface area contributed by atoms with Crippen molar-refractivity contribution in [3.05, 3.63) is 11.3 Å². The summed E-state index contributed by atoms with van der Waals surface area (Å²) >= 11 is 0. The molecular weight excluding hydrogens is 266 g/mol. The smallest absolute Gasteiger partial charge is 0.223 e. The maximum absolute atomic E-state index is 11.8. The summed E-state index contributed by atoms with van der Waals surface area (Å²) in [6.45, 7) is 8.69. The normalized spacial score (nSPS) is 22.0. The molecule has 0 radical (unpaired) electrons. The van der Waals surface area contributed by atoms with E-state index in [1.807, 2.05) is 11.7 Å². The van der Waals surface area contributed by atoms with Crippen molar-refractivity contribution in [1.29, 1.82) is 0 Å². The number of nitrogens with zero attached hydrogens (tertiary/aromatic N) is 4. The van der Waals surface area contributed by atoms with Crippen LogP contribution in [-0.4, -0.2) is 52.8 Å². The molecule has 2 saturated heterocycles. The molecule has 0 bridgehead atoms. The Morgan fingerprint density at radius 2 is 2.19 bits per heavy atom. The van der Waals surface area contributed by atoms with Crippen molar-refractivity contribution >= 4 is 11.7 Å². The van der Waals surface area contributed by atoms with E-state index < -0.39 is 0 Å². The summed E-state index contributed by atoms with van der Waals surface area (Å²) in [5.41, 5.74) is 2.38. The Morgan fingerprint density at radius 1 is 1.38 bits per heavy atom. The number of nitrogens with one attached hydrogen (secondary N) is 1. The van der Waals surface area contributed by atoms with E-state index in [2.05, 4.69) is 34.1 Å². The maximum atomic E-state index is 11.8. The highest BCUT2D eigenvalue weighted by Crippen LogP contribution is 2.29. The van der Waals surface area contributed by atoms with Crippen molar-refractivity contribution in [2.45, 2.75) is 39.3 Å². The molecule has 1 amide bonds. The van der Waals surface area contributed by atoms with Gasteiger partial charge in [0.15, 0.2) is 0 Å². The Kier molecular flexibility index (Phi) is 3.89. The van der Waals surface area contributed by atoms with Gasteiger partial charge in [0.25, 0.3) is 0 Å². The zero-order valence-corrected chi connectivity index (χ0v) is 13.2. The number of aryl methyl sites for hydroxylation is 2. The van der Waals surface area contributed by atoms with Gasteiger partial charge in [-0.05, 0) is 19.9 Å². The number of rotatable bonds is 4. The highest BCUT2D eigenvalue weighted by molar-refractivity contribution is 5.79. The van der Waals surface area contributed by atoms with Gasteiger partial charge in [-0.15, -0.1) is 0 Å². The molecule has 2 aliphatic rings. The Labute approximate surface area is 126 Å². The second-order valence-corrected chi connectivity index (χ2v) is 6.02. The predicted molar refractivity (Wildman–Crippen MR) is 82.3 cm³/mol. The molecule has 1 aromatic heterocycles. The first-order valence-electron chi connectivity index (χ1n) is 7.89. The number of amides is 1. The molecule has 0 aliphatic carbocycles. The molecule has 1 aromatic rings. The Bertz CT molecular complexity index is 538. The standard InChI is InChI=1S/C15H25N5O/c1-4-16-9-13-11(2)17-18(3)15(13)19-7-8-20-12(10-19)5-6-14(20)21/h12,16H,4-10H2,1-3H3. The third kappa shape index (κ3) is 2.52. The first-order valence-corrected chi connectivity index (χ1v) is 7.89. The fourth-order valence-corrected chi connectivity index (χ4v) is 3.60. The molecule has 116 valence electrons. The summed E-state index contributed by atoms with van der Waals surface area (Å²) in [4.78, 5) is 16.3. The number of hydrogen-bond acceptors (Lipinski definition) is 4. The molecular formula is C15H25N5O. The average molecular weight is 291 g/mol. The lowest BCUT2D eigenvalue weighted by atomic mass is 10.1. The van der Waals surface area contributed by atoms with Crippen molar-refractivity contribution in [2.75, 3.05) is 31.1 Å². The Hall–Kier alpha value is -1.56. The summed E-state index contributed by atoms with van der Waals surface area (Å²) in [5.74, 6) is 1.54. The second kappa shape index (κ2) is 5.67. The molecule has 2 fully saturated rings. The first-order chi connectivity index (χ1) is 10.1. The summed E-state index contributed by atoms with van der Waals surface area (Å²) in [6.07, 6.45) is 1.71. The quantitative estimate of drug-likeness (QED) is 0.885. The molecule has 1 atom stereocenters. The zero-order valence-electron chi connectivity index (χ0n) is 13.2. The van der Waals surface area contributed by atoms with Gasteiger partial charge in [0.05, 0.1) is 5.69 Å². The highest BCUT2D eigenvalue weighted by atomic mass is 16.2. The van der Waals surface area contributed by atoms with Crippen LogP contribution >= 0.6 is 0 Å². The minimum atomic E-state index is 0.328.